The molecule has 0 radical (unpaired) electrons. The summed E-state index contributed by atoms with van der Waals surface area (Å²) in [7, 11) is 0. The van der Waals surface area contributed by atoms with Gasteiger partial charge in [0, 0.05) is 0 Å². The Kier molecular flexibility index (Phi) is 8.38. The summed E-state index contributed by atoms with van der Waals surface area (Å²) in [5, 5.41) is 21.3. The number of hydrogen-bond acceptors (Lipinski definition) is 6. The molecule has 3 aromatic carbocycles. The maximum Gasteiger partial charge on any atom is 0.343 e. The van der Waals surface area contributed by atoms with E-state index in [9.17, 15) is 24.8 Å². The van der Waals surface area contributed by atoms with Gasteiger partial charge in [-0.2, -0.15) is 5.26 Å². The Bertz CT molecular complexity index is 1350. The van der Waals surface area contributed by atoms with E-state index >= 15 is 0 Å². The smallest absolute Gasteiger partial charge is 0.343 e. The number of esters is 1. The van der Waals surface area contributed by atoms with Gasteiger partial charge in [-0.05, 0) is 70.9 Å². The van der Waals surface area contributed by atoms with Crippen molar-refractivity contribution in [2.24, 2.45) is 0 Å². The lowest BCUT2D eigenvalue weighted by Gasteiger charge is -2.14. The Morgan fingerprint density at radius 2 is 1.77 bits per heavy atom. The molecule has 0 aliphatic heterocycles. The van der Waals surface area contributed by atoms with Crippen molar-refractivity contribution < 1.29 is 29.0 Å². The van der Waals surface area contributed by atoms with Gasteiger partial charge in [0.25, 0.3) is 5.91 Å². The van der Waals surface area contributed by atoms with E-state index in [2.05, 4.69) is 21.2 Å². The summed E-state index contributed by atoms with van der Waals surface area (Å²) in [6.07, 6.45) is 1.31. The summed E-state index contributed by atoms with van der Waals surface area (Å²) in [4.78, 5) is 36.6. The van der Waals surface area contributed by atoms with Gasteiger partial charge in [0.05, 0.1) is 27.9 Å². The largest absolute Gasteiger partial charge is 0.490 e. The van der Waals surface area contributed by atoms with Gasteiger partial charge in [-0.25, -0.2) is 9.59 Å². The number of amides is 1. The lowest BCUT2D eigenvalue weighted by molar-refractivity contribution is -0.112. The zero-order valence-electron chi connectivity index (χ0n) is 18.4. The van der Waals surface area contributed by atoms with Crippen molar-refractivity contribution in [3.8, 4) is 17.6 Å². The van der Waals surface area contributed by atoms with Crippen LogP contribution in [0.5, 0.6) is 11.5 Å². The quantitative estimate of drug-likeness (QED) is 0.173. The minimum Gasteiger partial charge on any atom is -0.490 e. The van der Waals surface area contributed by atoms with Crippen LogP contribution in [0, 0.1) is 11.3 Å². The Morgan fingerprint density at radius 1 is 1.09 bits per heavy atom. The molecule has 0 aromatic heterocycles. The molecule has 0 saturated heterocycles. The maximum absolute atomic E-state index is 12.7. The molecule has 2 N–H and O–H groups in total. The van der Waals surface area contributed by atoms with E-state index in [0.29, 0.717) is 15.6 Å². The topological polar surface area (TPSA) is 126 Å². The number of carbonyl (C=O) groups is 3. The van der Waals surface area contributed by atoms with Crippen molar-refractivity contribution in [1.29, 1.82) is 5.26 Å². The molecule has 176 valence electrons. The molecule has 0 unspecified atom stereocenters. The summed E-state index contributed by atoms with van der Waals surface area (Å²) < 4.78 is 11.5. The second-order valence-electron chi connectivity index (χ2n) is 6.99. The molecule has 0 aliphatic carbocycles. The predicted molar refractivity (Wildman–Crippen MR) is 132 cm³/mol. The Morgan fingerprint density at radius 3 is 2.43 bits per heavy atom. The number of carboxylic acids is 1. The molecule has 3 rings (SSSR count). The molecule has 1 amide bonds. The number of nitrogens with one attached hydrogen (secondary N) is 1. The van der Waals surface area contributed by atoms with Gasteiger partial charge in [-0.3, -0.25) is 4.79 Å². The summed E-state index contributed by atoms with van der Waals surface area (Å²) in [6, 6.07) is 19.2. The molecular formula is C26H19BrN2O6. The zero-order valence-corrected chi connectivity index (χ0v) is 20.0. The van der Waals surface area contributed by atoms with Crippen LogP contribution >= 0.6 is 15.9 Å². The van der Waals surface area contributed by atoms with Gasteiger partial charge in [0.15, 0.2) is 11.5 Å². The van der Waals surface area contributed by atoms with Crippen LogP contribution in [0.1, 0.15) is 33.2 Å². The van der Waals surface area contributed by atoms with Crippen LogP contribution in [-0.4, -0.2) is 29.6 Å². The number of anilines is 1. The first-order chi connectivity index (χ1) is 16.8. The molecule has 0 heterocycles. The van der Waals surface area contributed by atoms with E-state index in [1.807, 2.05) is 6.07 Å². The van der Waals surface area contributed by atoms with Gasteiger partial charge in [-0.15, -0.1) is 0 Å². The number of nitriles is 1. The van der Waals surface area contributed by atoms with Crippen molar-refractivity contribution in [1.82, 2.24) is 0 Å². The number of carboxylic acid groups (broad SMARTS) is 1. The molecule has 0 atom stereocenters. The summed E-state index contributed by atoms with van der Waals surface area (Å²) in [5.74, 6) is -2.20. The molecule has 0 fully saturated rings. The molecule has 35 heavy (non-hydrogen) atoms. The molecule has 0 aliphatic rings. The van der Waals surface area contributed by atoms with Gasteiger partial charge >= 0.3 is 11.9 Å². The number of ether oxygens (including phenoxy) is 2. The first kappa shape index (κ1) is 25.2. The predicted octanol–water partition coefficient (Wildman–Crippen LogP) is 5.31. The average Bonchev–Trinajstić information content (AvgIpc) is 2.85. The third-order valence-electron chi connectivity index (χ3n) is 4.62. The van der Waals surface area contributed by atoms with E-state index in [0.717, 1.165) is 0 Å². The first-order valence-electron chi connectivity index (χ1n) is 10.3. The molecule has 8 nitrogen and oxygen atoms in total. The SMILES string of the molecule is CCOc1cc(/C=C(\C#N)C(=O)Nc2ccccc2C(=O)O)cc(Br)c1OC(=O)c1ccccc1. The number of halogens is 1. The van der Waals surface area contributed by atoms with Crippen LogP contribution in [0.15, 0.2) is 76.8 Å². The molecule has 0 bridgehead atoms. The minimum atomic E-state index is -1.21. The van der Waals surface area contributed by atoms with Gasteiger partial charge in [0.2, 0.25) is 0 Å². The lowest BCUT2D eigenvalue weighted by Crippen LogP contribution is -2.16. The highest BCUT2D eigenvalue weighted by molar-refractivity contribution is 9.10. The van der Waals surface area contributed by atoms with Crippen molar-refractivity contribution >= 4 is 45.5 Å². The van der Waals surface area contributed by atoms with Crippen molar-refractivity contribution in [3.63, 3.8) is 0 Å². The highest BCUT2D eigenvalue weighted by Crippen LogP contribution is 2.38. The number of carbonyl (C=O) groups excluding carboxylic acids is 2. The average molecular weight is 535 g/mol. The Hall–Kier alpha value is -4.42. The van der Waals surface area contributed by atoms with Crippen LogP contribution in [0.25, 0.3) is 6.08 Å². The molecule has 0 spiro atoms. The summed E-state index contributed by atoms with van der Waals surface area (Å²) >= 11 is 3.36. The van der Waals surface area contributed by atoms with Crippen LogP contribution < -0.4 is 14.8 Å². The van der Waals surface area contributed by atoms with Gasteiger partial charge in [-0.1, -0.05) is 30.3 Å². The molecular weight excluding hydrogens is 516 g/mol. The second kappa shape index (κ2) is 11.6. The third-order valence-corrected chi connectivity index (χ3v) is 5.21. The van der Waals surface area contributed by atoms with E-state index < -0.39 is 17.8 Å². The normalized spacial score (nSPS) is 10.7. The van der Waals surface area contributed by atoms with E-state index in [1.54, 1.807) is 49.4 Å². The van der Waals surface area contributed by atoms with E-state index in [4.69, 9.17) is 9.47 Å². The van der Waals surface area contributed by atoms with Crippen molar-refractivity contribution in [2.75, 3.05) is 11.9 Å². The zero-order chi connectivity index (χ0) is 25.4. The molecule has 3 aromatic rings. The lowest BCUT2D eigenvalue weighted by atomic mass is 10.1. The van der Waals surface area contributed by atoms with E-state index in [-0.39, 0.29) is 34.9 Å². The standard InChI is InChI=1S/C26H19BrN2O6/c1-2-34-22-14-16(13-20(27)23(22)35-26(33)17-8-4-3-5-9-17)12-18(15-28)24(30)29-21-11-7-6-10-19(21)25(31)32/h3-14H,2H2,1H3,(H,29,30)(H,31,32)/b18-12+. The van der Waals surface area contributed by atoms with Crippen LogP contribution in [0.3, 0.4) is 0 Å². The van der Waals surface area contributed by atoms with Gasteiger partial charge in [0.1, 0.15) is 11.6 Å². The number of nitrogens with zero attached hydrogens (tertiary/aromatic N) is 1. The monoisotopic (exact) mass is 534 g/mol. The van der Waals surface area contributed by atoms with Crippen molar-refractivity contribution in [3.05, 3.63) is 93.5 Å². The van der Waals surface area contributed by atoms with Crippen LogP contribution in [0.4, 0.5) is 5.69 Å². The fraction of sp³-hybridized carbons (Fsp3) is 0.0769. The number of benzene rings is 3. The summed E-state index contributed by atoms with van der Waals surface area (Å²) in [5.41, 5.74) is 0.456. The maximum atomic E-state index is 12.7. The fourth-order valence-electron chi connectivity index (χ4n) is 3.04. The Labute approximate surface area is 209 Å². The minimum absolute atomic E-state index is 0.0607. The third kappa shape index (κ3) is 6.34. The van der Waals surface area contributed by atoms with Gasteiger partial charge < -0.3 is 19.9 Å². The molecule has 0 saturated carbocycles. The first-order valence-corrected chi connectivity index (χ1v) is 11.1. The number of rotatable bonds is 8. The van der Waals surface area contributed by atoms with Crippen LogP contribution in [-0.2, 0) is 4.79 Å². The highest BCUT2D eigenvalue weighted by atomic mass is 79.9. The number of hydrogen-bond donors (Lipinski definition) is 2. The molecule has 9 heteroatoms. The highest BCUT2D eigenvalue weighted by Gasteiger charge is 2.19. The second-order valence-corrected chi connectivity index (χ2v) is 7.85. The van der Waals surface area contributed by atoms with Crippen LogP contribution in [0.2, 0.25) is 0 Å². The number of aromatic carboxylic acids is 1. The van der Waals surface area contributed by atoms with E-state index in [1.165, 1.54) is 30.3 Å². The fourth-order valence-corrected chi connectivity index (χ4v) is 3.58. The Balaban J connectivity index is 1.91. The number of para-hydroxylation sites is 1. The van der Waals surface area contributed by atoms with Crippen molar-refractivity contribution in [2.45, 2.75) is 6.92 Å². The summed E-state index contributed by atoms with van der Waals surface area (Å²) in [6.45, 7) is 2.03.